The van der Waals surface area contributed by atoms with Crippen LogP contribution >= 0.6 is 15.9 Å². The fraction of sp³-hybridized carbons (Fsp3) is 0.222. The molecule has 0 aliphatic heterocycles. The molecule has 0 bridgehead atoms. The molecule has 0 saturated carbocycles. The predicted molar refractivity (Wildman–Crippen MR) is 57.8 cm³/mol. The first-order valence-electron chi connectivity index (χ1n) is 4.11. The molecule has 80 valence electrons. The zero-order valence-electron chi connectivity index (χ0n) is 7.68. The second kappa shape index (κ2) is 5.45. The third-order valence-corrected chi connectivity index (χ3v) is 1.98. The van der Waals surface area contributed by atoms with E-state index in [1.165, 1.54) is 18.2 Å². The number of halogens is 1. The minimum atomic E-state index is -0.544. The Labute approximate surface area is 94.3 Å². The van der Waals surface area contributed by atoms with Gasteiger partial charge in [-0.15, -0.1) is 0 Å². The summed E-state index contributed by atoms with van der Waals surface area (Å²) in [5, 5.41) is 11.2. The summed E-state index contributed by atoms with van der Waals surface area (Å²) in [5.41, 5.74) is 0.215. The van der Waals surface area contributed by atoms with E-state index < -0.39 is 4.92 Å². The van der Waals surface area contributed by atoms with Gasteiger partial charge in [0.15, 0.2) is 5.75 Å². The van der Waals surface area contributed by atoms with Gasteiger partial charge in [-0.25, -0.2) is 0 Å². The number of nitrogens with zero attached hydrogens (tertiary/aromatic N) is 1. The second-order valence-corrected chi connectivity index (χ2v) is 3.43. The molecule has 0 saturated heterocycles. The summed E-state index contributed by atoms with van der Waals surface area (Å²) < 4.78 is 5.14. The fourth-order valence-corrected chi connectivity index (χ4v) is 1.18. The van der Waals surface area contributed by atoms with Crippen LogP contribution in [0.5, 0.6) is 5.75 Å². The zero-order valence-corrected chi connectivity index (χ0v) is 9.27. The highest BCUT2D eigenvalue weighted by atomic mass is 79.9. The highest BCUT2D eigenvalue weighted by Crippen LogP contribution is 2.27. The van der Waals surface area contributed by atoms with Gasteiger partial charge >= 0.3 is 5.69 Å². The maximum absolute atomic E-state index is 10.6. The molecule has 0 aliphatic carbocycles. The van der Waals surface area contributed by atoms with Crippen molar-refractivity contribution in [1.82, 2.24) is 0 Å². The van der Waals surface area contributed by atoms with E-state index in [1.54, 1.807) is 0 Å². The smallest absolute Gasteiger partial charge is 0.310 e. The highest BCUT2D eigenvalue weighted by Gasteiger charge is 2.15. The molecule has 0 aliphatic rings. The summed E-state index contributed by atoms with van der Waals surface area (Å²) in [7, 11) is 0. The van der Waals surface area contributed by atoms with Crippen molar-refractivity contribution in [1.29, 1.82) is 0 Å². The van der Waals surface area contributed by atoms with Crippen molar-refractivity contribution < 1.29 is 14.5 Å². The molecule has 1 aromatic carbocycles. The number of hydrogen-bond donors (Lipinski definition) is 0. The number of hydrogen-bond acceptors (Lipinski definition) is 4. The molecule has 0 amide bonds. The molecule has 0 N–H and O–H groups in total. The SMILES string of the molecule is O=Cc1ccc([N+](=O)[O-])c(OCCBr)c1. The van der Waals surface area contributed by atoms with Crippen molar-refractivity contribution in [3.05, 3.63) is 33.9 Å². The van der Waals surface area contributed by atoms with Gasteiger partial charge in [0.2, 0.25) is 0 Å². The first kappa shape index (κ1) is 11.6. The summed E-state index contributed by atoms with van der Waals surface area (Å²) in [6.45, 7) is 0.309. The number of carbonyl (C=O) groups is 1. The molecule has 1 aromatic rings. The van der Waals surface area contributed by atoms with Crippen LogP contribution in [0.2, 0.25) is 0 Å². The van der Waals surface area contributed by atoms with E-state index in [0.717, 1.165) is 0 Å². The molecule has 1 rings (SSSR count). The van der Waals surface area contributed by atoms with E-state index in [-0.39, 0.29) is 11.4 Å². The lowest BCUT2D eigenvalue weighted by atomic mass is 10.2. The van der Waals surface area contributed by atoms with Crippen LogP contribution in [0.25, 0.3) is 0 Å². The lowest BCUT2D eigenvalue weighted by Crippen LogP contribution is -2.01. The first-order chi connectivity index (χ1) is 7.19. The maximum Gasteiger partial charge on any atom is 0.310 e. The number of alkyl halides is 1. The van der Waals surface area contributed by atoms with Crippen LogP contribution < -0.4 is 4.74 Å². The number of carbonyl (C=O) groups excluding carboxylic acids is 1. The Morgan fingerprint density at radius 3 is 2.80 bits per heavy atom. The van der Waals surface area contributed by atoms with E-state index in [1.807, 2.05) is 0 Å². The molecule has 0 fully saturated rings. The number of benzene rings is 1. The molecule has 0 radical (unpaired) electrons. The van der Waals surface area contributed by atoms with Crippen molar-refractivity contribution in [2.75, 3.05) is 11.9 Å². The lowest BCUT2D eigenvalue weighted by Gasteiger charge is -2.04. The summed E-state index contributed by atoms with van der Waals surface area (Å²) in [6.07, 6.45) is 0.616. The summed E-state index contributed by atoms with van der Waals surface area (Å²) in [5.74, 6) is 0.115. The van der Waals surface area contributed by atoms with Gasteiger partial charge < -0.3 is 4.74 Å². The van der Waals surface area contributed by atoms with Crippen molar-refractivity contribution in [2.45, 2.75) is 0 Å². The molecule has 0 spiro atoms. The van der Waals surface area contributed by atoms with Gasteiger partial charge in [-0.05, 0) is 12.1 Å². The van der Waals surface area contributed by atoms with Gasteiger partial charge in [-0.2, -0.15) is 0 Å². The Bertz CT molecular complexity index is 380. The van der Waals surface area contributed by atoms with Gasteiger partial charge in [0.05, 0.1) is 11.5 Å². The number of nitro benzene ring substituents is 1. The molecule has 15 heavy (non-hydrogen) atoms. The summed E-state index contributed by atoms with van der Waals surface area (Å²) in [4.78, 5) is 20.5. The van der Waals surface area contributed by atoms with Crippen molar-refractivity contribution in [3.8, 4) is 5.75 Å². The third kappa shape index (κ3) is 3.02. The molecular formula is C9H8BrNO4. The standard InChI is InChI=1S/C9H8BrNO4/c10-3-4-15-9-5-7(6-12)1-2-8(9)11(13)14/h1-2,5-6H,3-4H2. The van der Waals surface area contributed by atoms with Gasteiger partial charge in [0, 0.05) is 17.0 Å². The zero-order chi connectivity index (χ0) is 11.3. The van der Waals surface area contributed by atoms with Crippen LogP contribution in [0, 0.1) is 10.1 Å². The van der Waals surface area contributed by atoms with E-state index in [9.17, 15) is 14.9 Å². The number of nitro groups is 1. The Morgan fingerprint density at radius 2 is 2.27 bits per heavy atom. The molecular weight excluding hydrogens is 266 g/mol. The number of aldehydes is 1. The van der Waals surface area contributed by atoms with Crippen LogP contribution in [-0.4, -0.2) is 23.1 Å². The highest BCUT2D eigenvalue weighted by molar-refractivity contribution is 9.09. The van der Waals surface area contributed by atoms with Gasteiger partial charge in [-0.3, -0.25) is 14.9 Å². The van der Waals surface area contributed by atoms with Crippen LogP contribution in [-0.2, 0) is 0 Å². The average Bonchev–Trinajstić information content (AvgIpc) is 2.25. The third-order valence-electron chi connectivity index (χ3n) is 1.65. The number of rotatable bonds is 5. The van der Waals surface area contributed by atoms with Gasteiger partial charge in [0.25, 0.3) is 0 Å². The first-order valence-corrected chi connectivity index (χ1v) is 5.23. The lowest BCUT2D eigenvalue weighted by molar-refractivity contribution is -0.385. The van der Waals surface area contributed by atoms with E-state index in [2.05, 4.69) is 15.9 Å². The Balaban J connectivity index is 3.04. The summed E-state index contributed by atoms with van der Waals surface area (Å²) >= 11 is 3.14. The van der Waals surface area contributed by atoms with Gasteiger partial charge in [-0.1, -0.05) is 15.9 Å². The van der Waals surface area contributed by atoms with Crippen molar-refractivity contribution >= 4 is 27.9 Å². The van der Waals surface area contributed by atoms with E-state index >= 15 is 0 Å². The quantitative estimate of drug-likeness (QED) is 0.357. The topological polar surface area (TPSA) is 69.4 Å². The van der Waals surface area contributed by atoms with Crippen LogP contribution in [0.1, 0.15) is 10.4 Å². The molecule has 0 unspecified atom stereocenters. The molecule has 0 aromatic heterocycles. The Morgan fingerprint density at radius 1 is 1.53 bits per heavy atom. The summed E-state index contributed by atoms with van der Waals surface area (Å²) in [6, 6.07) is 3.99. The van der Waals surface area contributed by atoms with E-state index in [0.29, 0.717) is 23.8 Å². The van der Waals surface area contributed by atoms with Crippen molar-refractivity contribution in [2.24, 2.45) is 0 Å². The minimum Gasteiger partial charge on any atom is -0.486 e. The Hall–Kier alpha value is -1.43. The average molecular weight is 274 g/mol. The molecule has 0 atom stereocenters. The molecule has 5 nitrogen and oxygen atoms in total. The van der Waals surface area contributed by atoms with Crippen LogP contribution in [0.15, 0.2) is 18.2 Å². The fourth-order valence-electron chi connectivity index (χ4n) is 1.02. The number of ether oxygens (including phenoxy) is 1. The van der Waals surface area contributed by atoms with E-state index in [4.69, 9.17) is 4.74 Å². The minimum absolute atomic E-state index is 0.115. The van der Waals surface area contributed by atoms with Crippen LogP contribution in [0.4, 0.5) is 5.69 Å². The Kier molecular flexibility index (Phi) is 4.23. The van der Waals surface area contributed by atoms with Crippen LogP contribution in [0.3, 0.4) is 0 Å². The van der Waals surface area contributed by atoms with Crippen molar-refractivity contribution in [3.63, 3.8) is 0 Å². The van der Waals surface area contributed by atoms with Gasteiger partial charge in [0.1, 0.15) is 6.29 Å². The molecule has 6 heteroatoms. The monoisotopic (exact) mass is 273 g/mol. The predicted octanol–water partition coefficient (Wildman–Crippen LogP) is 2.18. The normalized spacial score (nSPS) is 9.67. The second-order valence-electron chi connectivity index (χ2n) is 2.64. The molecule has 0 heterocycles. The maximum atomic E-state index is 10.6. The largest absolute Gasteiger partial charge is 0.486 e.